The molecule has 0 bridgehead atoms. The first-order valence-electron chi connectivity index (χ1n) is 6.64. The highest BCUT2D eigenvalue weighted by atomic mass is 35.5. The second kappa shape index (κ2) is 5.28. The number of hydrogen-bond acceptors (Lipinski definition) is 5. The summed E-state index contributed by atoms with van der Waals surface area (Å²) in [6.07, 6.45) is 0.747. The minimum Gasteiger partial charge on any atom is -0.243 e. The second-order valence-electron chi connectivity index (χ2n) is 5.03. The molecule has 0 amide bonds. The summed E-state index contributed by atoms with van der Waals surface area (Å²) in [4.78, 5) is 5.60. The van der Waals surface area contributed by atoms with E-state index in [9.17, 15) is 8.42 Å². The van der Waals surface area contributed by atoms with Crippen molar-refractivity contribution in [2.45, 2.75) is 17.9 Å². The Morgan fingerprint density at radius 2 is 2.09 bits per heavy atom. The van der Waals surface area contributed by atoms with Gasteiger partial charge in [0, 0.05) is 18.0 Å². The Bertz CT molecular complexity index is 962. The molecule has 4 rings (SSSR count). The number of hydrogen-bond donors (Lipinski definition) is 0. The number of halogens is 1. The van der Waals surface area contributed by atoms with Crippen LogP contribution in [0, 0.1) is 0 Å². The highest BCUT2D eigenvalue weighted by Crippen LogP contribution is 2.35. The van der Waals surface area contributed by atoms with Crippen LogP contribution in [0.25, 0.3) is 10.2 Å². The third-order valence-electron chi connectivity index (χ3n) is 3.78. The van der Waals surface area contributed by atoms with Gasteiger partial charge in [0.2, 0.25) is 10.0 Å². The lowest BCUT2D eigenvalue weighted by Gasteiger charge is -2.26. The second-order valence-corrected chi connectivity index (χ2v) is 9.20. The molecule has 0 atom stereocenters. The van der Waals surface area contributed by atoms with E-state index >= 15 is 0 Å². The van der Waals surface area contributed by atoms with E-state index in [1.165, 1.54) is 20.5 Å². The van der Waals surface area contributed by atoms with Crippen molar-refractivity contribution in [2.75, 3.05) is 6.54 Å². The van der Waals surface area contributed by atoms with E-state index in [4.69, 9.17) is 11.6 Å². The minimum absolute atomic E-state index is 0.131. The first-order valence-corrected chi connectivity index (χ1v) is 10.2. The molecule has 3 heterocycles. The molecule has 1 aromatic carbocycles. The van der Waals surface area contributed by atoms with Gasteiger partial charge in [0.15, 0.2) is 0 Å². The zero-order valence-corrected chi connectivity index (χ0v) is 14.5. The lowest BCUT2D eigenvalue weighted by atomic mass is 10.1. The van der Waals surface area contributed by atoms with Crippen LogP contribution in [0.1, 0.15) is 10.4 Å². The van der Waals surface area contributed by atoms with Crippen LogP contribution in [0.3, 0.4) is 0 Å². The van der Waals surface area contributed by atoms with Crippen molar-refractivity contribution in [3.05, 3.63) is 44.6 Å². The summed E-state index contributed by atoms with van der Waals surface area (Å²) in [6.45, 7) is 0.880. The molecule has 0 N–H and O–H groups in total. The van der Waals surface area contributed by atoms with Gasteiger partial charge in [0.25, 0.3) is 0 Å². The molecule has 2 aromatic heterocycles. The van der Waals surface area contributed by atoms with Crippen molar-refractivity contribution in [2.24, 2.45) is 0 Å². The predicted octanol–water partition coefficient (Wildman–Crippen LogP) is 3.76. The van der Waals surface area contributed by atoms with Crippen molar-refractivity contribution >= 4 is 54.5 Å². The molecule has 114 valence electrons. The molecule has 0 aliphatic carbocycles. The Morgan fingerprint density at radius 1 is 1.23 bits per heavy atom. The lowest BCUT2D eigenvalue weighted by Crippen LogP contribution is -2.35. The number of sulfonamides is 1. The first-order chi connectivity index (χ1) is 10.6. The largest absolute Gasteiger partial charge is 0.247 e. The first kappa shape index (κ1) is 14.6. The van der Waals surface area contributed by atoms with Gasteiger partial charge in [0.05, 0.1) is 15.2 Å². The summed E-state index contributed by atoms with van der Waals surface area (Å²) in [5.74, 6) is 0. The molecule has 0 saturated heterocycles. The van der Waals surface area contributed by atoms with Crippen molar-refractivity contribution in [1.82, 2.24) is 9.29 Å². The van der Waals surface area contributed by atoms with Crippen molar-refractivity contribution in [3.63, 3.8) is 0 Å². The number of rotatable bonds is 2. The topological polar surface area (TPSA) is 50.3 Å². The maximum Gasteiger partial charge on any atom is 0.247 e. The Kier molecular flexibility index (Phi) is 3.50. The van der Waals surface area contributed by atoms with Gasteiger partial charge in [-0.3, -0.25) is 0 Å². The summed E-state index contributed by atoms with van der Waals surface area (Å²) in [5, 5.41) is 2.24. The van der Waals surface area contributed by atoms with Gasteiger partial charge in [-0.15, -0.1) is 22.7 Å². The van der Waals surface area contributed by atoms with Crippen LogP contribution in [0.4, 0.5) is 0 Å². The molecule has 0 saturated carbocycles. The van der Waals surface area contributed by atoms with Gasteiger partial charge < -0.3 is 0 Å². The number of nitrogens with zero attached hydrogens (tertiary/aromatic N) is 2. The van der Waals surface area contributed by atoms with Crippen LogP contribution in [0.15, 0.2) is 34.0 Å². The molecule has 0 spiro atoms. The zero-order valence-electron chi connectivity index (χ0n) is 11.3. The van der Waals surface area contributed by atoms with Crippen LogP contribution in [0.5, 0.6) is 0 Å². The average molecular weight is 371 g/mol. The Balaban J connectivity index is 1.84. The van der Waals surface area contributed by atoms with Gasteiger partial charge in [-0.25, -0.2) is 13.4 Å². The summed E-state index contributed by atoms with van der Waals surface area (Å²) in [5.41, 5.74) is 3.20. The zero-order chi connectivity index (χ0) is 15.3. The third-order valence-corrected chi connectivity index (χ3v) is 7.94. The highest BCUT2D eigenvalue weighted by molar-refractivity contribution is 7.89. The van der Waals surface area contributed by atoms with E-state index < -0.39 is 10.0 Å². The average Bonchev–Trinajstić information content (AvgIpc) is 3.14. The normalized spacial score (nSPS) is 16.0. The molecular weight excluding hydrogens is 360 g/mol. The van der Waals surface area contributed by atoms with Crippen molar-refractivity contribution in [1.29, 1.82) is 0 Å². The van der Waals surface area contributed by atoms with E-state index in [-0.39, 0.29) is 9.92 Å². The Morgan fingerprint density at radius 3 is 2.95 bits per heavy atom. The Hall–Kier alpha value is -0.990. The number of thiophene rings is 1. The fourth-order valence-corrected chi connectivity index (χ4v) is 6.39. The minimum atomic E-state index is -3.66. The molecule has 1 aliphatic heterocycles. The molecule has 0 radical (unpaired) electrons. The van der Waals surface area contributed by atoms with E-state index in [2.05, 4.69) is 4.98 Å². The summed E-state index contributed by atoms with van der Waals surface area (Å²) < 4.78 is 28.5. The summed E-state index contributed by atoms with van der Waals surface area (Å²) in [7, 11) is -3.66. The van der Waals surface area contributed by atoms with Crippen LogP contribution in [-0.4, -0.2) is 24.3 Å². The predicted molar refractivity (Wildman–Crippen MR) is 90.2 cm³/mol. The molecule has 3 aromatic rings. The van der Waals surface area contributed by atoms with E-state index in [1.54, 1.807) is 22.9 Å². The SMILES string of the molecule is O=S(=O)(c1c(Cl)ccc2scnc12)N1CCc2sccc2C1. The van der Waals surface area contributed by atoms with Crippen LogP contribution >= 0.6 is 34.3 Å². The molecule has 4 nitrogen and oxygen atoms in total. The number of aromatic nitrogens is 1. The van der Waals surface area contributed by atoms with E-state index in [0.29, 0.717) is 18.6 Å². The van der Waals surface area contributed by atoms with Gasteiger partial charge >= 0.3 is 0 Å². The Labute approximate surface area is 141 Å². The molecule has 8 heteroatoms. The van der Waals surface area contributed by atoms with Crippen molar-refractivity contribution < 1.29 is 8.42 Å². The standard InChI is InChI=1S/C14H11ClN2O2S3/c15-10-1-2-12-13(16-8-21-12)14(10)22(18,19)17-5-3-11-9(7-17)4-6-20-11/h1-2,4,6,8H,3,5,7H2. The third kappa shape index (κ3) is 2.19. The van der Waals surface area contributed by atoms with Gasteiger partial charge in [-0.05, 0) is 35.6 Å². The van der Waals surface area contributed by atoms with Crippen molar-refractivity contribution in [3.8, 4) is 0 Å². The molecule has 0 unspecified atom stereocenters. The van der Waals surface area contributed by atoms with E-state index in [0.717, 1.165) is 16.7 Å². The molecule has 22 heavy (non-hydrogen) atoms. The van der Waals surface area contributed by atoms with Crippen LogP contribution < -0.4 is 0 Å². The molecular formula is C14H11ClN2O2S3. The fourth-order valence-electron chi connectivity index (χ4n) is 2.68. The monoisotopic (exact) mass is 370 g/mol. The fraction of sp³-hybridized carbons (Fsp3) is 0.214. The van der Waals surface area contributed by atoms with Gasteiger partial charge in [0.1, 0.15) is 10.4 Å². The highest BCUT2D eigenvalue weighted by Gasteiger charge is 2.32. The van der Waals surface area contributed by atoms with Gasteiger partial charge in [-0.1, -0.05) is 11.6 Å². The number of benzene rings is 1. The smallest absolute Gasteiger partial charge is 0.243 e. The van der Waals surface area contributed by atoms with Gasteiger partial charge in [-0.2, -0.15) is 4.31 Å². The maximum atomic E-state index is 13.1. The number of fused-ring (bicyclic) bond motifs is 2. The molecule has 0 fully saturated rings. The summed E-state index contributed by atoms with van der Waals surface area (Å²) >= 11 is 9.30. The lowest BCUT2D eigenvalue weighted by molar-refractivity contribution is 0.394. The van der Waals surface area contributed by atoms with E-state index in [1.807, 2.05) is 17.5 Å². The van der Waals surface area contributed by atoms with Crippen LogP contribution in [-0.2, 0) is 23.0 Å². The number of thiazole rings is 1. The molecule has 1 aliphatic rings. The summed E-state index contributed by atoms with van der Waals surface area (Å²) in [6, 6.07) is 5.43. The van der Waals surface area contributed by atoms with Crippen LogP contribution in [0.2, 0.25) is 5.02 Å². The quantitative estimate of drug-likeness (QED) is 0.690. The maximum absolute atomic E-state index is 13.1.